The minimum absolute atomic E-state index is 0.233. The van der Waals surface area contributed by atoms with Gasteiger partial charge < -0.3 is 65.1 Å². The molecule has 97 heavy (non-hydrogen) atoms. The zero-order valence-electron chi connectivity index (χ0n) is 62.6. The van der Waals surface area contributed by atoms with Gasteiger partial charge in [-0.25, -0.2) is 0 Å². The van der Waals surface area contributed by atoms with Crippen LogP contribution in [0.25, 0.3) is 0 Å². The normalized spacial score (nSPS) is 22.3. The summed E-state index contributed by atoms with van der Waals surface area (Å²) in [5, 5.41) is 87.7. The summed E-state index contributed by atoms with van der Waals surface area (Å²) in [6.07, 6.45) is 73.4. The number of nitrogens with one attached hydrogen (secondary N) is 1. The molecule has 0 aromatic carbocycles. The highest BCUT2D eigenvalue weighted by Gasteiger charge is 2.51. The summed E-state index contributed by atoms with van der Waals surface area (Å²) < 4.78 is 22.9. The lowest BCUT2D eigenvalue weighted by Gasteiger charge is -2.46. The van der Waals surface area contributed by atoms with Crippen LogP contribution in [0.3, 0.4) is 0 Å². The van der Waals surface area contributed by atoms with E-state index in [1.807, 2.05) is 6.08 Å². The van der Waals surface area contributed by atoms with Crippen molar-refractivity contribution in [1.29, 1.82) is 0 Å². The average molecular weight is 1380 g/mol. The van der Waals surface area contributed by atoms with E-state index in [9.17, 15) is 45.6 Å². The van der Waals surface area contributed by atoms with Crippen molar-refractivity contribution in [2.75, 3.05) is 19.8 Å². The summed E-state index contributed by atoms with van der Waals surface area (Å²) in [6.45, 7) is 2.85. The number of ether oxygens (including phenoxy) is 4. The molecular weight excluding hydrogens is 1220 g/mol. The van der Waals surface area contributed by atoms with Crippen molar-refractivity contribution in [3.05, 3.63) is 48.6 Å². The lowest BCUT2D eigenvalue weighted by Crippen LogP contribution is -2.65. The minimum atomic E-state index is -1.79. The lowest BCUT2D eigenvalue weighted by molar-refractivity contribution is -0.359. The van der Waals surface area contributed by atoms with E-state index >= 15 is 0 Å². The number of hydrogen-bond acceptors (Lipinski definition) is 13. The van der Waals surface area contributed by atoms with Crippen molar-refractivity contribution in [3.63, 3.8) is 0 Å². The fourth-order valence-electron chi connectivity index (χ4n) is 13.7. The Hall–Kier alpha value is -2.05. The van der Waals surface area contributed by atoms with Gasteiger partial charge in [0.1, 0.15) is 48.8 Å². The molecule has 570 valence electrons. The van der Waals surface area contributed by atoms with Gasteiger partial charge >= 0.3 is 0 Å². The van der Waals surface area contributed by atoms with Gasteiger partial charge in [0.2, 0.25) is 5.91 Å². The second-order valence-electron chi connectivity index (χ2n) is 29.3. The molecule has 2 aliphatic heterocycles. The number of amides is 1. The quantitative estimate of drug-likeness (QED) is 0.0204. The van der Waals surface area contributed by atoms with Crippen LogP contribution in [-0.2, 0) is 23.7 Å². The first kappa shape index (κ1) is 91.0. The number of aliphatic hydroxyl groups excluding tert-OH is 8. The number of unbranched alkanes of at least 4 members (excludes halogenated alkanes) is 51. The predicted octanol–water partition coefficient (Wildman–Crippen LogP) is 19.0. The highest BCUT2D eigenvalue weighted by Crippen LogP contribution is 2.30. The maximum Gasteiger partial charge on any atom is 0.220 e. The highest BCUT2D eigenvalue weighted by molar-refractivity contribution is 5.76. The van der Waals surface area contributed by atoms with Crippen molar-refractivity contribution < 1.29 is 64.6 Å². The molecule has 0 aliphatic carbocycles. The van der Waals surface area contributed by atoms with Gasteiger partial charge in [-0.1, -0.05) is 364 Å². The number of aliphatic hydroxyl groups is 8. The second-order valence-corrected chi connectivity index (χ2v) is 29.3. The number of rotatable bonds is 70. The van der Waals surface area contributed by atoms with E-state index in [0.29, 0.717) is 6.42 Å². The van der Waals surface area contributed by atoms with Gasteiger partial charge in [0.05, 0.1) is 32.0 Å². The summed E-state index contributed by atoms with van der Waals surface area (Å²) in [7, 11) is 0. The Labute approximate surface area is 594 Å². The molecule has 2 rings (SSSR count). The van der Waals surface area contributed by atoms with Crippen LogP contribution >= 0.6 is 0 Å². The molecule has 14 heteroatoms. The Balaban J connectivity index is 1.61. The molecule has 0 saturated carbocycles. The molecule has 2 fully saturated rings. The average Bonchev–Trinajstić information content (AvgIpc) is 0.794. The van der Waals surface area contributed by atoms with E-state index in [1.165, 1.54) is 302 Å². The van der Waals surface area contributed by atoms with Crippen molar-refractivity contribution in [2.24, 2.45) is 0 Å². The summed E-state index contributed by atoms with van der Waals surface area (Å²) in [6, 6.07) is -0.917. The topological polar surface area (TPSA) is 228 Å². The third kappa shape index (κ3) is 50.1. The van der Waals surface area contributed by atoms with Gasteiger partial charge in [-0.05, 0) is 57.8 Å². The van der Waals surface area contributed by atoms with Crippen LogP contribution in [-0.4, -0.2) is 140 Å². The standard InChI is InChI=1S/C83H155NO13/c1-3-5-7-9-11-13-15-17-19-21-23-25-27-29-31-33-35-36-37-39-41-43-45-47-49-51-53-55-57-59-61-63-65-67-75(88)84-71(70-94-82-80(93)78(91)81(74(69-86)96-82)97-83-79(92)77(90)76(89)73(68-85)95-83)72(87)66-64-62-60-58-56-54-52-50-48-46-44-42-40-38-34-32-30-28-26-24-22-20-18-16-14-12-10-8-6-4-2/h15,17,21,23,27,29,64,66,71-74,76-83,85-87,89-93H,3-14,16,18-20,22,24-26,28,30-63,65,67-70H2,1-2H3,(H,84,88)/b17-15-,23-21-,29-27-,66-64+. The van der Waals surface area contributed by atoms with Gasteiger partial charge in [0, 0.05) is 6.42 Å². The van der Waals surface area contributed by atoms with Crippen molar-refractivity contribution >= 4 is 5.91 Å². The molecule has 0 bridgehead atoms. The van der Waals surface area contributed by atoms with E-state index in [-0.39, 0.29) is 18.9 Å². The van der Waals surface area contributed by atoms with Gasteiger partial charge in [0.15, 0.2) is 12.6 Å². The number of hydrogen-bond donors (Lipinski definition) is 9. The van der Waals surface area contributed by atoms with E-state index in [4.69, 9.17) is 18.9 Å². The Kier molecular flexibility index (Phi) is 63.0. The van der Waals surface area contributed by atoms with Crippen molar-refractivity contribution in [3.8, 4) is 0 Å². The van der Waals surface area contributed by atoms with Crippen molar-refractivity contribution in [2.45, 2.75) is 453 Å². The summed E-state index contributed by atoms with van der Waals surface area (Å²) in [5.74, 6) is -0.233. The Bertz CT molecular complexity index is 1810. The van der Waals surface area contributed by atoms with E-state index < -0.39 is 86.8 Å². The van der Waals surface area contributed by atoms with Gasteiger partial charge in [0.25, 0.3) is 0 Å². The molecule has 2 aliphatic rings. The smallest absolute Gasteiger partial charge is 0.220 e. The van der Waals surface area contributed by atoms with Gasteiger partial charge in [-0.3, -0.25) is 4.79 Å². The fraction of sp³-hybridized carbons (Fsp3) is 0.892. The van der Waals surface area contributed by atoms with Crippen LogP contribution in [0.5, 0.6) is 0 Å². The zero-order valence-corrected chi connectivity index (χ0v) is 62.6. The number of carbonyl (C=O) groups is 1. The molecule has 0 aromatic heterocycles. The largest absolute Gasteiger partial charge is 0.394 e. The summed E-state index contributed by atoms with van der Waals surface area (Å²) >= 11 is 0. The van der Waals surface area contributed by atoms with E-state index in [1.54, 1.807) is 6.08 Å². The molecular formula is C83H155NO13. The maximum absolute atomic E-state index is 13.4. The lowest BCUT2D eigenvalue weighted by atomic mass is 9.97. The van der Waals surface area contributed by atoms with Gasteiger partial charge in [-0.2, -0.15) is 0 Å². The molecule has 12 atom stereocenters. The first-order chi connectivity index (χ1) is 47.6. The molecule has 0 aromatic rings. The molecule has 9 N–H and O–H groups in total. The first-order valence-electron chi connectivity index (χ1n) is 41.4. The third-order valence-corrected chi connectivity index (χ3v) is 20.3. The second kappa shape index (κ2) is 67.1. The van der Waals surface area contributed by atoms with E-state index in [0.717, 1.165) is 51.4 Å². The Morgan fingerprint density at radius 1 is 0.371 bits per heavy atom. The van der Waals surface area contributed by atoms with Crippen LogP contribution in [0.4, 0.5) is 0 Å². The third-order valence-electron chi connectivity index (χ3n) is 20.3. The van der Waals surface area contributed by atoms with Crippen molar-refractivity contribution in [1.82, 2.24) is 5.32 Å². The van der Waals surface area contributed by atoms with Crippen LogP contribution in [0.2, 0.25) is 0 Å². The van der Waals surface area contributed by atoms with Gasteiger partial charge in [-0.15, -0.1) is 0 Å². The monoisotopic (exact) mass is 1370 g/mol. The maximum atomic E-state index is 13.4. The minimum Gasteiger partial charge on any atom is -0.394 e. The fourth-order valence-corrected chi connectivity index (χ4v) is 13.7. The Morgan fingerprint density at radius 3 is 1.04 bits per heavy atom. The zero-order chi connectivity index (χ0) is 70.1. The predicted molar refractivity (Wildman–Crippen MR) is 401 cm³/mol. The van der Waals surface area contributed by atoms with E-state index in [2.05, 4.69) is 55.6 Å². The molecule has 0 radical (unpaired) electrons. The first-order valence-corrected chi connectivity index (χ1v) is 41.4. The van der Waals surface area contributed by atoms with Crippen LogP contribution in [0.1, 0.15) is 380 Å². The summed E-state index contributed by atoms with van der Waals surface area (Å²) in [5.41, 5.74) is 0. The molecule has 1 amide bonds. The Morgan fingerprint density at radius 2 is 0.680 bits per heavy atom. The number of carbonyl (C=O) groups excluding carboxylic acids is 1. The highest BCUT2D eigenvalue weighted by atomic mass is 16.7. The molecule has 14 nitrogen and oxygen atoms in total. The molecule has 0 spiro atoms. The van der Waals surface area contributed by atoms with Crippen LogP contribution in [0, 0.1) is 0 Å². The SMILES string of the molecule is CCCCCCC/C=C\C/C=C\C/C=C\CCCCCCCCCCCCCCCCCCCCC(=O)NC(COC1OC(CO)C(OC2OC(CO)C(O)C(O)C2O)C(O)C1O)C(O)/C=C/CCCCCCCCCCCCCCCCCCCCCCCCCCCCCC. The number of allylic oxidation sites excluding steroid dienone is 7. The molecule has 12 unspecified atom stereocenters. The summed E-state index contributed by atoms with van der Waals surface area (Å²) in [4.78, 5) is 13.4. The molecule has 2 saturated heterocycles. The van der Waals surface area contributed by atoms with Crippen LogP contribution in [0.15, 0.2) is 48.6 Å². The molecule has 2 heterocycles. The van der Waals surface area contributed by atoms with Crippen LogP contribution < -0.4 is 5.32 Å².